The molecule has 4 aromatic rings. The van der Waals surface area contributed by atoms with Crippen LogP contribution in [0.2, 0.25) is 0 Å². The number of nitrogens with zero attached hydrogens (tertiary/aromatic N) is 1. The second kappa shape index (κ2) is 14.5. The number of nitrogens with one attached hydrogen (secondary N) is 1. The molecule has 8 bridgehead atoms. The number of rotatable bonds is 2. The maximum Gasteiger partial charge on any atom is 0.168 e. The zero-order valence-electron chi connectivity index (χ0n) is 30.9. The SMILES string of the molecule is C[C@@H]1C#CC2=CC(N)NC3=C2CO[C@@H](CCC1)C[C@H](O)[C@@H]1C=Cc2c(ccc(O)c2OCc2cc(C4(c5ccccc5)CCOCC4)cc4cn3cc24)C1. The van der Waals surface area contributed by atoms with Gasteiger partial charge in [0.05, 0.1) is 25.0 Å². The molecule has 1 fully saturated rings. The molecule has 1 aromatic heterocycles. The Morgan fingerprint density at radius 2 is 1.83 bits per heavy atom. The van der Waals surface area contributed by atoms with Crippen LogP contribution in [-0.4, -0.2) is 53.0 Å². The van der Waals surface area contributed by atoms with Crippen LogP contribution in [0.1, 0.15) is 73.3 Å². The van der Waals surface area contributed by atoms with E-state index in [0.29, 0.717) is 38.4 Å². The van der Waals surface area contributed by atoms with Gasteiger partial charge in [-0.15, -0.1) is 0 Å². The summed E-state index contributed by atoms with van der Waals surface area (Å²) in [7, 11) is 0. The van der Waals surface area contributed by atoms with Crippen molar-refractivity contribution in [2.45, 2.75) is 82.3 Å². The van der Waals surface area contributed by atoms with Gasteiger partial charge >= 0.3 is 0 Å². The minimum absolute atomic E-state index is 0.0846. The molecule has 8 heteroatoms. The van der Waals surface area contributed by atoms with Crippen LogP contribution in [0, 0.1) is 23.7 Å². The van der Waals surface area contributed by atoms with Gasteiger partial charge in [0.1, 0.15) is 12.4 Å². The van der Waals surface area contributed by atoms with E-state index in [1.54, 1.807) is 6.07 Å². The number of phenolic OH excluding ortho intramolecular Hbond substituents is 1. The lowest BCUT2D eigenvalue weighted by Gasteiger charge is -2.39. The van der Waals surface area contributed by atoms with Crippen molar-refractivity contribution in [3.05, 3.63) is 118 Å². The third kappa shape index (κ3) is 6.54. The number of dihydropyridines is 1. The van der Waals surface area contributed by atoms with Crippen LogP contribution in [-0.2, 0) is 27.9 Å². The predicted octanol–water partition coefficient (Wildman–Crippen LogP) is 7.16. The van der Waals surface area contributed by atoms with E-state index >= 15 is 0 Å². The molecule has 5 aliphatic heterocycles. The highest BCUT2D eigenvalue weighted by Crippen LogP contribution is 2.44. The van der Waals surface area contributed by atoms with E-state index in [-0.39, 0.29) is 35.7 Å². The summed E-state index contributed by atoms with van der Waals surface area (Å²) >= 11 is 0. The highest BCUT2D eigenvalue weighted by Gasteiger charge is 2.37. The first-order chi connectivity index (χ1) is 26.3. The van der Waals surface area contributed by atoms with Crippen molar-refractivity contribution in [3.63, 3.8) is 0 Å². The van der Waals surface area contributed by atoms with E-state index in [1.807, 2.05) is 18.2 Å². The van der Waals surface area contributed by atoms with E-state index in [4.69, 9.17) is 19.9 Å². The van der Waals surface area contributed by atoms with Gasteiger partial charge in [-0.25, -0.2) is 0 Å². The number of aliphatic hydroxyl groups is 1. The van der Waals surface area contributed by atoms with Crippen molar-refractivity contribution >= 4 is 22.7 Å². The fraction of sp³-hybridized carbons (Fsp3) is 0.391. The molecule has 5 atom stereocenters. The first kappa shape index (κ1) is 35.0. The van der Waals surface area contributed by atoms with Crippen LogP contribution >= 0.6 is 0 Å². The molecule has 1 aliphatic carbocycles. The monoisotopic (exact) mass is 723 g/mol. The number of aromatic nitrogens is 1. The number of ether oxygens (including phenoxy) is 3. The van der Waals surface area contributed by atoms with Crippen LogP contribution in [0.5, 0.6) is 11.5 Å². The minimum Gasteiger partial charge on any atom is -0.504 e. The third-order valence-corrected chi connectivity index (χ3v) is 12.3. The van der Waals surface area contributed by atoms with Crippen molar-refractivity contribution in [1.82, 2.24) is 9.88 Å². The third-order valence-electron chi connectivity index (χ3n) is 12.3. The molecule has 3 aromatic carbocycles. The van der Waals surface area contributed by atoms with Crippen LogP contribution in [0.15, 0.2) is 90.3 Å². The second-order valence-corrected chi connectivity index (χ2v) is 15.8. The molecule has 0 saturated carbocycles. The molecule has 54 heavy (non-hydrogen) atoms. The summed E-state index contributed by atoms with van der Waals surface area (Å²) in [6.07, 6.45) is 14.9. The van der Waals surface area contributed by atoms with Gasteiger partial charge in [0.15, 0.2) is 11.5 Å². The number of nitrogens with two attached hydrogens (primary N) is 1. The van der Waals surface area contributed by atoms with Gasteiger partial charge in [-0.05, 0) is 79.0 Å². The number of hydrogen-bond acceptors (Lipinski definition) is 7. The van der Waals surface area contributed by atoms with Crippen molar-refractivity contribution in [2.24, 2.45) is 17.6 Å². The molecule has 6 aliphatic rings. The van der Waals surface area contributed by atoms with Gasteiger partial charge < -0.3 is 40.0 Å². The fourth-order valence-electron chi connectivity index (χ4n) is 9.20. The van der Waals surface area contributed by atoms with Crippen LogP contribution in [0.25, 0.3) is 22.7 Å². The minimum atomic E-state index is -0.596. The molecule has 0 amide bonds. The topological polar surface area (TPSA) is 111 Å². The molecular formula is C46H49N3O5. The normalized spacial score (nSPS) is 26.5. The van der Waals surface area contributed by atoms with E-state index in [2.05, 4.69) is 89.6 Å². The number of benzene rings is 3. The molecule has 10 rings (SSSR count). The van der Waals surface area contributed by atoms with E-state index in [0.717, 1.165) is 76.5 Å². The Morgan fingerprint density at radius 3 is 2.69 bits per heavy atom. The Labute approximate surface area is 317 Å². The Kier molecular flexibility index (Phi) is 9.36. The maximum atomic E-state index is 11.7. The molecule has 8 nitrogen and oxygen atoms in total. The van der Waals surface area contributed by atoms with Crippen molar-refractivity contribution < 1.29 is 24.4 Å². The molecule has 0 spiro atoms. The molecule has 278 valence electrons. The van der Waals surface area contributed by atoms with Gasteiger partial charge in [-0.3, -0.25) is 0 Å². The zero-order valence-corrected chi connectivity index (χ0v) is 30.9. The number of aromatic hydroxyl groups is 1. The smallest absolute Gasteiger partial charge is 0.168 e. The molecule has 0 radical (unpaired) electrons. The van der Waals surface area contributed by atoms with Crippen molar-refractivity contribution in [2.75, 3.05) is 19.8 Å². The summed E-state index contributed by atoms with van der Waals surface area (Å²) in [4.78, 5) is 0. The van der Waals surface area contributed by atoms with E-state index < -0.39 is 12.3 Å². The van der Waals surface area contributed by atoms with Crippen molar-refractivity contribution in [1.29, 1.82) is 0 Å². The maximum absolute atomic E-state index is 11.7. The van der Waals surface area contributed by atoms with Gasteiger partial charge in [0.2, 0.25) is 0 Å². The average molecular weight is 724 g/mol. The summed E-state index contributed by atoms with van der Waals surface area (Å²) in [5.41, 5.74) is 13.7. The second-order valence-electron chi connectivity index (χ2n) is 15.8. The molecule has 1 unspecified atom stereocenters. The van der Waals surface area contributed by atoms with Gasteiger partial charge in [-0.1, -0.05) is 73.4 Å². The number of aliphatic hydroxyl groups excluding tert-OH is 1. The highest BCUT2D eigenvalue weighted by atomic mass is 16.5. The lowest BCUT2D eigenvalue weighted by atomic mass is 9.68. The number of fused-ring (bicyclic) bond motifs is 2. The molecule has 1 saturated heterocycles. The Morgan fingerprint density at radius 1 is 0.981 bits per heavy atom. The standard InChI is InChI=1S/C46H49N3O5/c1-29-6-5-9-37-24-42(51)32-12-14-38-30(20-32)13-15-41(50)44(38)54-27-34-22-36(46(16-18-52-19-17-46)35-7-3-2-4-8-35)21-33-25-49(26-39(33)34)45-40(28-53-37)31(11-10-29)23-43(47)48-45/h2-4,7-8,12-15,21-23,25-26,29,32,37,42-43,48,50-51H,5-6,9,16-20,24,27-28,47H2,1H3/t29-,32+,37-,42-,43?/m0/s1. The summed E-state index contributed by atoms with van der Waals surface area (Å²) in [6.45, 7) is 4.12. The van der Waals surface area contributed by atoms with Crippen LogP contribution < -0.4 is 15.8 Å². The first-order valence-electron chi connectivity index (χ1n) is 19.6. The number of hydrogen-bond donors (Lipinski definition) is 4. The average Bonchev–Trinajstić information content (AvgIpc) is 3.62. The van der Waals surface area contributed by atoms with Crippen LogP contribution in [0.4, 0.5) is 0 Å². The molecule has 6 heterocycles. The Balaban J connectivity index is 1.25. The Hall–Kier alpha value is -4.78. The van der Waals surface area contributed by atoms with Gasteiger partial charge in [-0.2, -0.15) is 0 Å². The lowest BCUT2D eigenvalue weighted by molar-refractivity contribution is 0.00693. The van der Waals surface area contributed by atoms with Crippen LogP contribution in [0.3, 0.4) is 0 Å². The summed E-state index contributed by atoms with van der Waals surface area (Å²) in [5, 5.41) is 28.6. The first-order valence-corrected chi connectivity index (χ1v) is 19.6. The molecular weight excluding hydrogens is 675 g/mol. The largest absolute Gasteiger partial charge is 0.504 e. The van der Waals surface area contributed by atoms with E-state index in [9.17, 15) is 10.2 Å². The predicted molar refractivity (Wildman–Crippen MR) is 211 cm³/mol. The summed E-state index contributed by atoms with van der Waals surface area (Å²) < 4.78 is 21.5. The quantitative estimate of drug-likeness (QED) is 0.163. The molecule has 5 N–H and O–H groups in total. The summed E-state index contributed by atoms with van der Waals surface area (Å²) in [5.74, 6) is 8.53. The zero-order chi connectivity index (χ0) is 36.8. The van der Waals surface area contributed by atoms with Gasteiger partial charge in [0, 0.05) is 76.8 Å². The number of phenols is 1. The highest BCUT2D eigenvalue weighted by molar-refractivity contribution is 5.88. The lowest BCUT2D eigenvalue weighted by Crippen LogP contribution is -2.40. The fourth-order valence-corrected chi connectivity index (χ4v) is 9.20. The van der Waals surface area contributed by atoms with Crippen molar-refractivity contribution in [3.8, 4) is 23.3 Å². The summed E-state index contributed by atoms with van der Waals surface area (Å²) in [6, 6.07) is 19.1. The van der Waals surface area contributed by atoms with Gasteiger partial charge in [0.25, 0.3) is 0 Å². The Bertz CT molecular complexity index is 2220. The van der Waals surface area contributed by atoms with E-state index in [1.165, 1.54) is 11.1 Å².